The highest BCUT2D eigenvalue weighted by molar-refractivity contribution is 5.73. The second-order valence-electron chi connectivity index (χ2n) is 3.86. The van der Waals surface area contributed by atoms with Gasteiger partial charge in [0.15, 0.2) is 0 Å². The van der Waals surface area contributed by atoms with Gasteiger partial charge in [-0.25, -0.2) is 0 Å². The van der Waals surface area contributed by atoms with Crippen molar-refractivity contribution in [3.63, 3.8) is 0 Å². The van der Waals surface area contributed by atoms with Crippen LogP contribution in [0.5, 0.6) is 0 Å². The zero-order valence-electron chi connectivity index (χ0n) is 9.31. The molecule has 0 aromatic rings. The molecule has 2 atom stereocenters. The minimum absolute atomic E-state index is 0.00870. The maximum Gasteiger partial charge on any atom is 0.321 e. The molecule has 1 aliphatic rings. The monoisotopic (exact) mass is 217 g/mol. The molecule has 0 bridgehead atoms. The van der Waals surface area contributed by atoms with E-state index in [1.165, 1.54) is 0 Å². The Morgan fingerprint density at radius 1 is 1.53 bits per heavy atom. The Bertz CT molecular complexity index is 204. The smallest absolute Gasteiger partial charge is 0.321 e. The number of hydrogen-bond donors (Lipinski definition) is 1. The van der Waals surface area contributed by atoms with Crippen molar-refractivity contribution in [3.8, 4) is 0 Å². The SMILES string of the molecule is COCC(C)C(C(=O)O)N1CCOCC1. The van der Waals surface area contributed by atoms with Gasteiger partial charge in [0.25, 0.3) is 0 Å². The topological polar surface area (TPSA) is 59.0 Å². The van der Waals surface area contributed by atoms with E-state index in [2.05, 4.69) is 0 Å². The first-order chi connectivity index (χ1) is 7.16. The van der Waals surface area contributed by atoms with E-state index in [4.69, 9.17) is 9.47 Å². The number of carboxylic acids is 1. The summed E-state index contributed by atoms with van der Waals surface area (Å²) in [6.07, 6.45) is 0. The normalized spacial score (nSPS) is 22.3. The highest BCUT2D eigenvalue weighted by atomic mass is 16.5. The highest BCUT2D eigenvalue weighted by Gasteiger charge is 2.31. The van der Waals surface area contributed by atoms with Gasteiger partial charge in [-0.2, -0.15) is 0 Å². The fraction of sp³-hybridized carbons (Fsp3) is 0.900. The number of rotatable bonds is 5. The number of carboxylic acid groups (broad SMARTS) is 1. The van der Waals surface area contributed by atoms with E-state index >= 15 is 0 Å². The van der Waals surface area contributed by atoms with Gasteiger partial charge in [0, 0.05) is 26.1 Å². The van der Waals surface area contributed by atoms with Gasteiger partial charge in [0.05, 0.1) is 19.8 Å². The lowest BCUT2D eigenvalue weighted by Gasteiger charge is -2.34. The molecule has 1 heterocycles. The van der Waals surface area contributed by atoms with E-state index in [1.807, 2.05) is 11.8 Å². The number of hydrogen-bond acceptors (Lipinski definition) is 4. The van der Waals surface area contributed by atoms with Crippen molar-refractivity contribution >= 4 is 5.97 Å². The Morgan fingerprint density at radius 3 is 2.60 bits per heavy atom. The molecule has 88 valence electrons. The van der Waals surface area contributed by atoms with Gasteiger partial charge in [-0.3, -0.25) is 9.69 Å². The Balaban J connectivity index is 2.58. The third-order valence-electron chi connectivity index (χ3n) is 2.66. The Labute approximate surface area is 90.0 Å². The van der Waals surface area contributed by atoms with Crippen LogP contribution in [0.3, 0.4) is 0 Å². The molecular formula is C10H19NO4. The summed E-state index contributed by atoms with van der Waals surface area (Å²) >= 11 is 0. The van der Waals surface area contributed by atoms with E-state index in [-0.39, 0.29) is 5.92 Å². The zero-order chi connectivity index (χ0) is 11.3. The lowest BCUT2D eigenvalue weighted by Crippen LogP contribution is -2.51. The minimum Gasteiger partial charge on any atom is -0.480 e. The van der Waals surface area contributed by atoms with E-state index in [0.29, 0.717) is 32.9 Å². The predicted molar refractivity (Wildman–Crippen MR) is 54.9 cm³/mol. The van der Waals surface area contributed by atoms with Crippen LogP contribution in [0.1, 0.15) is 6.92 Å². The van der Waals surface area contributed by atoms with Gasteiger partial charge >= 0.3 is 5.97 Å². The summed E-state index contributed by atoms with van der Waals surface area (Å²) in [7, 11) is 1.59. The van der Waals surface area contributed by atoms with Crippen LogP contribution in [0.25, 0.3) is 0 Å². The molecule has 5 nitrogen and oxygen atoms in total. The molecule has 0 aliphatic carbocycles. The number of nitrogens with zero attached hydrogens (tertiary/aromatic N) is 1. The highest BCUT2D eigenvalue weighted by Crippen LogP contribution is 2.14. The van der Waals surface area contributed by atoms with Crippen LogP contribution in [-0.4, -0.2) is 62.0 Å². The molecule has 0 amide bonds. The average Bonchev–Trinajstić information content (AvgIpc) is 2.19. The van der Waals surface area contributed by atoms with Crippen LogP contribution in [0.15, 0.2) is 0 Å². The van der Waals surface area contributed by atoms with Crippen molar-refractivity contribution in [3.05, 3.63) is 0 Å². The van der Waals surface area contributed by atoms with E-state index in [1.54, 1.807) is 7.11 Å². The molecule has 1 N–H and O–H groups in total. The summed E-state index contributed by atoms with van der Waals surface area (Å²) in [5.41, 5.74) is 0. The first kappa shape index (κ1) is 12.4. The summed E-state index contributed by atoms with van der Waals surface area (Å²) < 4.78 is 10.2. The van der Waals surface area contributed by atoms with Crippen LogP contribution in [0.4, 0.5) is 0 Å². The van der Waals surface area contributed by atoms with E-state index in [0.717, 1.165) is 0 Å². The largest absolute Gasteiger partial charge is 0.480 e. The van der Waals surface area contributed by atoms with Crippen molar-refractivity contribution in [2.75, 3.05) is 40.0 Å². The summed E-state index contributed by atoms with van der Waals surface area (Å²) in [5.74, 6) is -0.785. The molecule has 0 saturated carbocycles. The molecule has 0 radical (unpaired) electrons. The number of aliphatic carboxylic acids is 1. The predicted octanol–water partition coefficient (Wildman–Crippen LogP) is 0.0543. The maximum absolute atomic E-state index is 11.2. The van der Waals surface area contributed by atoms with Gasteiger partial charge in [-0.15, -0.1) is 0 Å². The second kappa shape index (κ2) is 6.05. The van der Waals surface area contributed by atoms with Gasteiger partial charge in [0.2, 0.25) is 0 Å². The number of methoxy groups -OCH3 is 1. The maximum atomic E-state index is 11.2. The zero-order valence-corrected chi connectivity index (χ0v) is 9.31. The van der Waals surface area contributed by atoms with Gasteiger partial charge in [-0.05, 0) is 0 Å². The molecule has 0 spiro atoms. The number of carbonyl (C=O) groups is 1. The molecule has 0 aromatic heterocycles. The molecule has 2 unspecified atom stereocenters. The van der Waals surface area contributed by atoms with Gasteiger partial charge < -0.3 is 14.6 Å². The van der Waals surface area contributed by atoms with Crippen LogP contribution in [-0.2, 0) is 14.3 Å². The van der Waals surface area contributed by atoms with Crippen molar-refractivity contribution < 1.29 is 19.4 Å². The molecule has 5 heteroatoms. The molecule has 1 aliphatic heterocycles. The van der Waals surface area contributed by atoms with Gasteiger partial charge in [-0.1, -0.05) is 6.92 Å². The first-order valence-electron chi connectivity index (χ1n) is 5.20. The van der Waals surface area contributed by atoms with Crippen molar-refractivity contribution in [1.29, 1.82) is 0 Å². The molecule has 1 rings (SSSR count). The third kappa shape index (κ3) is 3.44. The Hall–Kier alpha value is -0.650. The average molecular weight is 217 g/mol. The first-order valence-corrected chi connectivity index (χ1v) is 5.20. The minimum atomic E-state index is -0.776. The number of morpholine rings is 1. The molecular weight excluding hydrogens is 198 g/mol. The Kier molecular flexibility index (Phi) is 5.01. The van der Waals surface area contributed by atoms with Crippen LogP contribution < -0.4 is 0 Å². The number of ether oxygens (including phenoxy) is 2. The second-order valence-corrected chi connectivity index (χ2v) is 3.86. The third-order valence-corrected chi connectivity index (χ3v) is 2.66. The van der Waals surface area contributed by atoms with E-state index < -0.39 is 12.0 Å². The van der Waals surface area contributed by atoms with Crippen LogP contribution in [0, 0.1) is 5.92 Å². The molecule has 1 saturated heterocycles. The lowest BCUT2D eigenvalue weighted by atomic mass is 10.0. The lowest BCUT2D eigenvalue weighted by molar-refractivity contribution is -0.148. The molecule has 0 aromatic carbocycles. The van der Waals surface area contributed by atoms with Crippen molar-refractivity contribution in [1.82, 2.24) is 4.90 Å². The van der Waals surface area contributed by atoms with E-state index in [9.17, 15) is 9.90 Å². The summed E-state index contributed by atoms with van der Waals surface area (Å²) in [6, 6.07) is -0.464. The molecule has 1 fully saturated rings. The van der Waals surface area contributed by atoms with Crippen LogP contribution >= 0.6 is 0 Å². The summed E-state index contributed by atoms with van der Waals surface area (Å²) in [5, 5.41) is 9.18. The quantitative estimate of drug-likeness (QED) is 0.705. The summed E-state index contributed by atoms with van der Waals surface area (Å²) in [6.45, 7) is 4.97. The summed E-state index contributed by atoms with van der Waals surface area (Å²) in [4.78, 5) is 13.1. The standard InChI is InChI=1S/C10H19NO4/c1-8(7-14-2)9(10(12)13)11-3-5-15-6-4-11/h8-9H,3-7H2,1-2H3,(H,12,13). The molecule has 15 heavy (non-hydrogen) atoms. The van der Waals surface area contributed by atoms with Crippen molar-refractivity contribution in [2.24, 2.45) is 5.92 Å². The van der Waals surface area contributed by atoms with Crippen molar-refractivity contribution in [2.45, 2.75) is 13.0 Å². The van der Waals surface area contributed by atoms with Crippen LogP contribution in [0.2, 0.25) is 0 Å². The fourth-order valence-corrected chi connectivity index (χ4v) is 1.97. The Morgan fingerprint density at radius 2 is 2.13 bits per heavy atom. The van der Waals surface area contributed by atoms with Gasteiger partial charge in [0.1, 0.15) is 6.04 Å². The fourth-order valence-electron chi connectivity index (χ4n) is 1.97.